The zero-order valence-corrected chi connectivity index (χ0v) is 10.7. The van der Waals surface area contributed by atoms with Crippen LogP contribution in [-0.4, -0.2) is 17.3 Å². The lowest BCUT2D eigenvalue weighted by atomic mass is 10.0. The van der Waals surface area contributed by atoms with E-state index < -0.39 is 5.60 Å². The van der Waals surface area contributed by atoms with E-state index in [2.05, 4.69) is 43.4 Å². The van der Waals surface area contributed by atoms with E-state index in [0.29, 0.717) is 6.04 Å². The molecule has 0 unspecified atom stereocenters. The molecule has 0 bridgehead atoms. The first-order chi connectivity index (χ1) is 7.38. The molecule has 0 amide bonds. The van der Waals surface area contributed by atoms with Crippen LogP contribution in [0.4, 0.5) is 0 Å². The number of aryl methyl sites for hydroxylation is 1. The van der Waals surface area contributed by atoms with E-state index in [-0.39, 0.29) is 0 Å². The van der Waals surface area contributed by atoms with Crippen LogP contribution in [0, 0.1) is 6.92 Å². The zero-order chi connectivity index (χ0) is 12.2. The van der Waals surface area contributed by atoms with Crippen molar-refractivity contribution >= 4 is 0 Å². The van der Waals surface area contributed by atoms with Gasteiger partial charge in [-0.15, -0.1) is 0 Å². The van der Waals surface area contributed by atoms with Crippen molar-refractivity contribution in [3.8, 4) is 0 Å². The molecule has 1 atom stereocenters. The summed E-state index contributed by atoms with van der Waals surface area (Å²) < 4.78 is 0. The third-order valence-corrected chi connectivity index (χ3v) is 2.76. The second kappa shape index (κ2) is 5.46. The van der Waals surface area contributed by atoms with Gasteiger partial charge in [0.05, 0.1) is 5.60 Å². The Balaban J connectivity index is 2.41. The topological polar surface area (TPSA) is 32.3 Å². The fraction of sp³-hybridized carbons (Fsp3) is 0.571. The number of nitrogens with one attached hydrogen (secondary N) is 1. The van der Waals surface area contributed by atoms with Crippen LogP contribution in [0.15, 0.2) is 24.3 Å². The highest BCUT2D eigenvalue weighted by Crippen LogP contribution is 2.14. The van der Waals surface area contributed by atoms with Gasteiger partial charge in [-0.3, -0.25) is 0 Å². The molecule has 0 aromatic heterocycles. The molecule has 0 aliphatic heterocycles. The molecule has 0 heterocycles. The van der Waals surface area contributed by atoms with Gasteiger partial charge in [0.2, 0.25) is 0 Å². The Morgan fingerprint density at radius 2 is 1.81 bits per heavy atom. The predicted octanol–water partition coefficient (Wildman–Crippen LogP) is 2.81. The maximum atomic E-state index is 9.60. The molecule has 16 heavy (non-hydrogen) atoms. The maximum absolute atomic E-state index is 9.60. The Bertz CT molecular complexity index is 311. The minimum absolute atomic E-state index is 0.336. The molecule has 2 N–H and O–H groups in total. The molecule has 0 aliphatic carbocycles. The molecule has 0 radical (unpaired) electrons. The monoisotopic (exact) mass is 221 g/mol. The normalized spacial score (nSPS) is 13.8. The number of rotatable bonds is 5. The van der Waals surface area contributed by atoms with Crippen molar-refractivity contribution in [2.75, 3.05) is 6.54 Å². The van der Waals surface area contributed by atoms with Gasteiger partial charge in [-0.1, -0.05) is 29.8 Å². The first kappa shape index (κ1) is 13.2. The average Bonchev–Trinajstić information content (AvgIpc) is 2.16. The molecule has 0 aliphatic rings. The van der Waals surface area contributed by atoms with Crippen LogP contribution in [0.25, 0.3) is 0 Å². The van der Waals surface area contributed by atoms with E-state index in [1.54, 1.807) is 0 Å². The Labute approximate surface area is 98.7 Å². The van der Waals surface area contributed by atoms with Gasteiger partial charge in [-0.25, -0.2) is 0 Å². The van der Waals surface area contributed by atoms with Crippen molar-refractivity contribution in [2.24, 2.45) is 0 Å². The molecule has 90 valence electrons. The second-order valence-electron chi connectivity index (χ2n) is 5.15. The highest BCUT2D eigenvalue weighted by atomic mass is 16.3. The highest BCUT2D eigenvalue weighted by molar-refractivity contribution is 5.23. The van der Waals surface area contributed by atoms with Gasteiger partial charge in [0, 0.05) is 6.04 Å². The van der Waals surface area contributed by atoms with Crippen LogP contribution in [-0.2, 0) is 0 Å². The Morgan fingerprint density at radius 3 is 2.31 bits per heavy atom. The Hall–Kier alpha value is -0.860. The van der Waals surface area contributed by atoms with E-state index in [9.17, 15) is 5.11 Å². The summed E-state index contributed by atoms with van der Waals surface area (Å²) in [5.41, 5.74) is 1.99. The van der Waals surface area contributed by atoms with Gasteiger partial charge >= 0.3 is 0 Å². The maximum Gasteiger partial charge on any atom is 0.0603 e. The molecule has 1 aromatic carbocycles. The molecule has 1 aromatic rings. The largest absolute Gasteiger partial charge is 0.390 e. The molecular weight excluding hydrogens is 198 g/mol. The van der Waals surface area contributed by atoms with Crippen molar-refractivity contribution in [1.82, 2.24) is 5.32 Å². The summed E-state index contributed by atoms with van der Waals surface area (Å²) in [5, 5.41) is 13.0. The zero-order valence-electron chi connectivity index (χ0n) is 10.7. The fourth-order valence-corrected chi connectivity index (χ4v) is 1.57. The summed E-state index contributed by atoms with van der Waals surface area (Å²) >= 11 is 0. The van der Waals surface area contributed by atoms with Crippen molar-refractivity contribution < 1.29 is 5.11 Å². The predicted molar refractivity (Wildman–Crippen MR) is 68.5 cm³/mol. The van der Waals surface area contributed by atoms with E-state index in [0.717, 1.165) is 13.0 Å². The van der Waals surface area contributed by atoms with Gasteiger partial charge < -0.3 is 10.4 Å². The number of aliphatic hydroxyl groups is 1. The molecule has 2 nitrogen and oxygen atoms in total. The van der Waals surface area contributed by atoms with Crippen LogP contribution in [0.5, 0.6) is 0 Å². The molecule has 0 fully saturated rings. The van der Waals surface area contributed by atoms with Crippen molar-refractivity contribution in [3.05, 3.63) is 35.4 Å². The van der Waals surface area contributed by atoms with Crippen LogP contribution in [0.2, 0.25) is 0 Å². The highest BCUT2D eigenvalue weighted by Gasteiger charge is 2.12. The molecular formula is C14H23NO. The van der Waals surface area contributed by atoms with Gasteiger partial charge in [-0.2, -0.15) is 0 Å². The van der Waals surface area contributed by atoms with E-state index >= 15 is 0 Å². The first-order valence-corrected chi connectivity index (χ1v) is 5.91. The summed E-state index contributed by atoms with van der Waals surface area (Å²) in [6, 6.07) is 8.89. The Kier molecular flexibility index (Phi) is 4.51. The van der Waals surface area contributed by atoms with Gasteiger partial charge in [0.15, 0.2) is 0 Å². The van der Waals surface area contributed by atoms with Crippen LogP contribution >= 0.6 is 0 Å². The molecule has 0 saturated heterocycles. The number of benzene rings is 1. The summed E-state index contributed by atoms with van der Waals surface area (Å²) in [7, 11) is 0. The third-order valence-electron chi connectivity index (χ3n) is 2.76. The van der Waals surface area contributed by atoms with Crippen LogP contribution < -0.4 is 5.32 Å². The number of hydrogen-bond acceptors (Lipinski definition) is 2. The van der Waals surface area contributed by atoms with Crippen LogP contribution in [0.1, 0.15) is 44.4 Å². The minimum atomic E-state index is -0.583. The van der Waals surface area contributed by atoms with Crippen molar-refractivity contribution in [2.45, 2.75) is 45.8 Å². The molecule has 1 rings (SSSR count). The standard InChI is InChI=1S/C14H23NO/c1-11-5-7-13(8-6-11)12(2)15-10-9-14(3,4)16/h5-8,12,15-16H,9-10H2,1-4H3/t12-/m0/s1. The summed E-state index contributed by atoms with van der Waals surface area (Å²) in [6.45, 7) is 8.75. The number of hydrogen-bond donors (Lipinski definition) is 2. The van der Waals surface area contributed by atoms with E-state index in [4.69, 9.17) is 0 Å². The first-order valence-electron chi connectivity index (χ1n) is 5.91. The molecule has 2 heteroatoms. The van der Waals surface area contributed by atoms with E-state index in [1.165, 1.54) is 11.1 Å². The lowest BCUT2D eigenvalue weighted by Gasteiger charge is -2.20. The van der Waals surface area contributed by atoms with Crippen LogP contribution in [0.3, 0.4) is 0 Å². The summed E-state index contributed by atoms with van der Waals surface area (Å²) in [6.07, 6.45) is 0.767. The third kappa shape index (κ3) is 4.77. The second-order valence-corrected chi connectivity index (χ2v) is 5.15. The fourth-order valence-electron chi connectivity index (χ4n) is 1.57. The average molecular weight is 221 g/mol. The SMILES string of the molecule is Cc1ccc([C@H](C)NCCC(C)(C)O)cc1. The smallest absolute Gasteiger partial charge is 0.0603 e. The van der Waals surface area contributed by atoms with E-state index in [1.807, 2.05) is 13.8 Å². The Morgan fingerprint density at radius 1 is 1.25 bits per heavy atom. The lowest BCUT2D eigenvalue weighted by molar-refractivity contribution is 0.0705. The summed E-state index contributed by atoms with van der Waals surface area (Å²) in [5.74, 6) is 0. The van der Waals surface area contributed by atoms with Crippen molar-refractivity contribution in [3.63, 3.8) is 0 Å². The van der Waals surface area contributed by atoms with Crippen molar-refractivity contribution in [1.29, 1.82) is 0 Å². The quantitative estimate of drug-likeness (QED) is 0.801. The summed E-state index contributed by atoms with van der Waals surface area (Å²) in [4.78, 5) is 0. The molecule has 0 saturated carbocycles. The van der Waals surface area contributed by atoms with Gasteiger partial charge in [-0.05, 0) is 46.2 Å². The molecule has 0 spiro atoms. The van der Waals surface area contributed by atoms with Gasteiger partial charge in [0.1, 0.15) is 0 Å². The lowest BCUT2D eigenvalue weighted by Crippen LogP contribution is -2.28. The van der Waals surface area contributed by atoms with Gasteiger partial charge in [0.25, 0.3) is 0 Å². The minimum Gasteiger partial charge on any atom is -0.390 e.